The van der Waals surface area contributed by atoms with Gasteiger partial charge in [0.1, 0.15) is 23.2 Å². The van der Waals surface area contributed by atoms with E-state index in [1.54, 1.807) is 6.20 Å². The topological polar surface area (TPSA) is 119 Å². The summed E-state index contributed by atoms with van der Waals surface area (Å²) in [6.45, 7) is 2.12. The second-order valence-corrected chi connectivity index (χ2v) is 10.3. The van der Waals surface area contributed by atoms with Crippen LogP contribution in [0.15, 0.2) is 48.8 Å². The van der Waals surface area contributed by atoms with Crippen molar-refractivity contribution in [1.29, 1.82) is 0 Å². The number of nitrogens with one attached hydrogen (secondary N) is 1. The fourth-order valence-electron chi connectivity index (χ4n) is 5.05. The van der Waals surface area contributed by atoms with E-state index in [2.05, 4.69) is 32.3 Å². The molecule has 41 heavy (non-hydrogen) atoms. The van der Waals surface area contributed by atoms with E-state index in [9.17, 15) is 18.4 Å². The van der Waals surface area contributed by atoms with Crippen molar-refractivity contribution in [3.05, 3.63) is 82.3 Å². The number of ether oxygens (including phenoxy) is 1. The first-order valence-corrected chi connectivity index (χ1v) is 13.1. The lowest BCUT2D eigenvalue weighted by Gasteiger charge is -2.26. The van der Waals surface area contributed by atoms with E-state index in [-0.39, 0.29) is 28.8 Å². The molecule has 0 aliphatic carbocycles. The van der Waals surface area contributed by atoms with Gasteiger partial charge in [-0.3, -0.25) is 24.9 Å². The molecule has 3 amide bonds. The highest BCUT2D eigenvalue weighted by Crippen LogP contribution is 2.35. The summed E-state index contributed by atoms with van der Waals surface area (Å²) in [6, 6.07) is 8.85. The number of rotatable bonds is 6. The Hall–Kier alpha value is -4.55. The number of carbonyl (C=O) groups is 2. The van der Waals surface area contributed by atoms with Gasteiger partial charge in [-0.25, -0.2) is 18.6 Å². The molecule has 2 aromatic heterocycles. The fraction of sp³-hybridized carbons (Fsp3) is 0.214. The number of imidazole rings is 1. The Labute approximate surface area is 238 Å². The normalized spacial score (nSPS) is 15.3. The van der Waals surface area contributed by atoms with Crippen LogP contribution >= 0.6 is 11.6 Å². The van der Waals surface area contributed by atoms with Gasteiger partial charge in [0, 0.05) is 57.3 Å². The van der Waals surface area contributed by atoms with Gasteiger partial charge < -0.3 is 15.0 Å². The Balaban J connectivity index is 1.14. The Bertz CT molecular complexity index is 1690. The third kappa shape index (κ3) is 5.19. The van der Waals surface area contributed by atoms with Gasteiger partial charge in [0.2, 0.25) is 5.91 Å². The van der Waals surface area contributed by atoms with Crippen LogP contribution < -0.4 is 20.7 Å². The minimum atomic E-state index is -0.929. The van der Waals surface area contributed by atoms with Gasteiger partial charge in [-0.2, -0.15) is 0 Å². The summed E-state index contributed by atoms with van der Waals surface area (Å²) in [4.78, 5) is 36.5. The number of benzene rings is 2. The van der Waals surface area contributed by atoms with Gasteiger partial charge in [0.05, 0.1) is 28.8 Å². The monoisotopic (exact) mass is 579 g/mol. The second kappa shape index (κ2) is 10.5. The van der Waals surface area contributed by atoms with Crippen molar-refractivity contribution in [2.24, 2.45) is 7.05 Å². The smallest absolute Gasteiger partial charge is 0.329 e. The molecule has 4 heterocycles. The van der Waals surface area contributed by atoms with Gasteiger partial charge >= 0.3 is 6.03 Å². The van der Waals surface area contributed by atoms with Crippen molar-refractivity contribution < 1.29 is 23.1 Å². The Morgan fingerprint density at radius 1 is 1.07 bits per heavy atom. The zero-order valence-electron chi connectivity index (χ0n) is 21.8. The zero-order valence-corrected chi connectivity index (χ0v) is 22.6. The molecule has 0 radical (unpaired) electrons. The molecule has 2 aliphatic rings. The summed E-state index contributed by atoms with van der Waals surface area (Å²) in [5.74, 6) is -0.847. The second-order valence-electron chi connectivity index (χ2n) is 9.89. The largest absolute Gasteiger partial charge is 0.451 e. The van der Waals surface area contributed by atoms with Crippen molar-refractivity contribution in [2.75, 3.05) is 17.2 Å². The van der Waals surface area contributed by atoms with Gasteiger partial charge in [0.15, 0.2) is 11.6 Å². The number of nitrogens with zero attached hydrogens (tertiary/aromatic N) is 5. The minimum absolute atomic E-state index is 0.177. The molecule has 210 valence electrons. The van der Waals surface area contributed by atoms with Crippen LogP contribution in [0.2, 0.25) is 5.02 Å². The van der Waals surface area contributed by atoms with Gasteiger partial charge in [-0.15, -0.1) is 0 Å². The lowest BCUT2D eigenvalue weighted by atomic mass is 10.1. The van der Waals surface area contributed by atoms with Crippen LogP contribution in [0.1, 0.15) is 23.2 Å². The summed E-state index contributed by atoms with van der Waals surface area (Å²) >= 11 is 5.92. The number of nitrogens with two attached hydrogens (primary N) is 1. The van der Waals surface area contributed by atoms with E-state index in [4.69, 9.17) is 22.1 Å². The number of nitrogen functional groups attached to an aromatic ring is 1. The molecular weight excluding hydrogens is 556 g/mol. The predicted molar refractivity (Wildman–Crippen MR) is 147 cm³/mol. The molecule has 3 N–H and O–H groups in total. The third-order valence-electron chi connectivity index (χ3n) is 7.08. The maximum Gasteiger partial charge on any atom is 0.329 e. The molecule has 0 unspecified atom stereocenters. The van der Waals surface area contributed by atoms with Crippen LogP contribution in [0.3, 0.4) is 0 Å². The molecule has 1 fully saturated rings. The molecule has 10 nitrogen and oxygen atoms in total. The van der Waals surface area contributed by atoms with Crippen LogP contribution in [0.25, 0.3) is 11.4 Å². The number of carbonyl (C=O) groups excluding carboxylic acids is 2. The van der Waals surface area contributed by atoms with Crippen LogP contribution in [0, 0.1) is 11.6 Å². The van der Waals surface area contributed by atoms with E-state index >= 15 is 0 Å². The number of fused-ring (bicyclic) bond motifs is 1. The Morgan fingerprint density at radius 2 is 1.88 bits per heavy atom. The summed E-state index contributed by atoms with van der Waals surface area (Å²) in [6.07, 6.45) is 3.28. The first kappa shape index (κ1) is 26.7. The van der Waals surface area contributed by atoms with E-state index < -0.39 is 17.7 Å². The van der Waals surface area contributed by atoms with Crippen molar-refractivity contribution in [1.82, 2.24) is 24.8 Å². The highest BCUT2D eigenvalue weighted by molar-refractivity contribution is 6.32. The molecule has 0 spiro atoms. The average Bonchev–Trinajstić information content (AvgIpc) is 3.50. The maximum absolute atomic E-state index is 14.1. The molecule has 13 heteroatoms. The standard InChI is InChI=1S/C28H24ClF2N7O3/c1-36-25(38-5-4-24(39)35-28(38)40)11-34-27(36)15-2-3-16-12-37(13-17(16)6-15)14-23-22(32)9-19(10-33-23)41-26-20(29)7-18(30)8-21(26)31/h2-3,6-11H,4-5,12-14,32H2,1H3,(H,35,39,40). The molecule has 2 aliphatic heterocycles. The SMILES string of the molecule is Cn1c(N2CCC(=O)NC2=O)cnc1-c1ccc2c(c1)CN(Cc1ncc(Oc3c(F)cc(F)cc3Cl)cc1N)C2. The molecular formula is C28H24ClF2N7O3. The number of halogens is 3. The number of aromatic nitrogens is 3. The van der Waals surface area contributed by atoms with Crippen molar-refractivity contribution >= 4 is 35.0 Å². The van der Waals surface area contributed by atoms with Gasteiger partial charge in [-0.05, 0) is 23.3 Å². The number of amides is 3. The summed E-state index contributed by atoms with van der Waals surface area (Å²) in [5.41, 5.74) is 10.4. The first-order chi connectivity index (χ1) is 19.7. The summed E-state index contributed by atoms with van der Waals surface area (Å²) in [5, 5.41) is 2.14. The van der Waals surface area contributed by atoms with Crippen LogP contribution in [-0.2, 0) is 31.5 Å². The fourth-order valence-corrected chi connectivity index (χ4v) is 5.29. The number of hydrogen-bond donors (Lipinski definition) is 2. The number of imide groups is 1. The van der Waals surface area contributed by atoms with Gasteiger partial charge in [-0.1, -0.05) is 23.7 Å². The molecule has 0 saturated carbocycles. The number of hydrogen-bond acceptors (Lipinski definition) is 7. The number of urea groups is 1. The summed E-state index contributed by atoms with van der Waals surface area (Å²) in [7, 11) is 1.83. The van der Waals surface area contributed by atoms with E-state index in [0.717, 1.165) is 22.8 Å². The molecule has 1 saturated heterocycles. The third-order valence-corrected chi connectivity index (χ3v) is 7.36. The maximum atomic E-state index is 14.1. The van der Waals surface area contributed by atoms with Crippen LogP contribution in [0.5, 0.6) is 11.5 Å². The highest BCUT2D eigenvalue weighted by atomic mass is 35.5. The molecule has 6 rings (SSSR count). The lowest BCUT2D eigenvalue weighted by Crippen LogP contribution is -2.50. The number of anilines is 2. The minimum Gasteiger partial charge on any atom is -0.451 e. The van der Waals surface area contributed by atoms with Crippen LogP contribution in [0.4, 0.5) is 25.1 Å². The quantitative estimate of drug-likeness (QED) is 0.338. The molecule has 0 bridgehead atoms. The van der Waals surface area contributed by atoms with Crippen molar-refractivity contribution in [3.8, 4) is 22.9 Å². The van der Waals surface area contributed by atoms with Crippen molar-refractivity contribution in [2.45, 2.75) is 26.1 Å². The first-order valence-electron chi connectivity index (χ1n) is 12.7. The predicted octanol–water partition coefficient (Wildman–Crippen LogP) is 4.75. The Morgan fingerprint density at radius 3 is 2.63 bits per heavy atom. The average molecular weight is 580 g/mol. The van der Waals surface area contributed by atoms with E-state index in [1.165, 1.54) is 17.2 Å². The summed E-state index contributed by atoms with van der Waals surface area (Å²) < 4.78 is 34.8. The molecule has 2 aromatic carbocycles. The van der Waals surface area contributed by atoms with E-state index in [0.29, 0.717) is 55.3 Å². The zero-order chi connectivity index (χ0) is 28.8. The molecule has 4 aromatic rings. The lowest BCUT2D eigenvalue weighted by molar-refractivity contribution is -0.120. The molecule has 0 atom stereocenters. The Kier molecular flexibility index (Phi) is 6.80. The van der Waals surface area contributed by atoms with Gasteiger partial charge in [0.25, 0.3) is 0 Å². The highest BCUT2D eigenvalue weighted by Gasteiger charge is 2.28. The van der Waals surface area contributed by atoms with Crippen LogP contribution in [-0.4, -0.2) is 37.9 Å². The van der Waals surface area contributed by atoms with Crippen molar-refractivity contribution in [3.63, 3.8) is 0 Å². The van der Waals surface area contributed by atoms with E-state index in [1.807, 2.05) is 17.7 Å². The number of pyridine rings is 1.